The van der Waals surface area contributed by atoms with Gasteiger partial charge in [0.1, 0.15) is 6.10 Å². The summed E-state index contributed by atoms with van der Waals surface area (Å²) in [6, 6.07) is 0. The standard InChI is InChI=1S/C43H69NO6/c1-28(2)29-13-18-43(25-34(45)44-21-10-23-49-24-22-44)20-19-41(8)30(37(29)43)11-12-32-40(7)16-15-33(39(5,6)31(40)14-17-42(32,41)9)50-36(48)27-38(3,4)26-35(46)47/h29-33,37H,1,10-27H2,2-9H3,(H,46,47)/t29-,30+,31-,32+,33-,37+,40-,41+,42+,43+/m0/s1. The molecule has 1 saturated heterocycles. The number of hydrogen-bond acceptors (Lipinski definition) is 5. The van der Waals surface area contributed by atoms with Crippen LogP contribution in [-0.4, -0.2) is 60.3 Å². The number of carboxylic acid groups (broad SMARTS) is 1. The number of hydrogen-bond donors (Lipinski definition) is 1. The van der Waals surface area contributed by atoms with Crippen molar-refractivity contribution in [2.45, 2.75) is 151 Å². The van der Waals surface area contributed by atoms with Crippen LogP contribution < -0.4 is 0 Å². The summed E-state index contributed by atoms with van der Waals surface area (Å²) in [5, 5.41) is 9.34. The number of amides is 1. The van der Waals surface area contributed by atoms with E-state index >= 15 is 0 Å². The predicted octanol–water partition coefficient (Wildman–Crippen LogP) is 9.09. The average Bonchev–Trinajstić information content (AvgIpc) is 3.17. The van der Waals surface area contributed by atoms with Gasteiger partial charge in [0.25, 0.3) is 0 Å². The van der Waals surface area contributed by atoms with Crippen LogP contribution in [0.4, 0.5) is 0 Å². The van der Waals surface area contributed by atoms with Crippen LogP contribution in [0.2, 0.25) is 0 Å². The number of carbonyl (C=O) groups excluding carboxylic acids is 2. The molecule has 1 amide bonds. The number of allylic oxidation sites excluding steroid dienone is 1. The van der Waals surface area contributed by atoms with E-state index in [1.807, 2.05) is 13.8 Å². The van der Waals surface area contributed by atoms with Crippen LogP contribution in [0.1, 0.15) is 145 Å². The molecular formula is C43H69NO6. The fourth-order valence-corrected chi connectivity index (χ4v) is 14.2. The zero-order valence-corrected chi connectivity index (χ0v) is 32.8. The van der Waals surface area contributed by atoms with E-state index in [9.17, 15) is 19.5 Å². The highest BCUT2D eigenvalue weighted by molar-refractivity contribution is 5.77. The second kappa shape index (κ2) is 13.2. The summed E-state index contributed by atoms with van der Waals surface area (Å²) in [6.07, 6.45) is 13.0. The van der Waals surface area contributed by atoms with Crippen LogP contribution >= 0.6 is 0 Å². The summed E-state index contributed by atoms with van der Waals surface area (Å²) in [5.74, 6) is 1.89. The number of aliphatic carboxylic acids is 1. The maximum absolute atomic E-state index is 14.0. The van der Waals surface area contributed by atoms with Crippen molar-refractivity contribution in [2.75, 3.05) is 26.3 Å². The molecule has 7 nitrogen and oxygen atoms in total. The molecule has 6 aliphatic rings. The number of nitrogens with zero attached hydrogens (tertiary/aromatic N) is 1. The van der Waals surface area contributed by atoms with E-state index in [-0.39, 0.29) is 52.0 Å². The Morgan fingerprint density at radius 3 is 2.30 bits per heavy atom. The van der Waals surface area contributed by atoms with Gasteiger partial charge < -0.3 is 19.5 Å². The Bertz CT molecular complexity index is 1350. The first-order valence-electron chi connectivity index (χ1n) is 20.2. The van der Waals surface area contributed by atoms with Crippen LogP contribution in [0.5, 0.6) is 0 Å². The highest BCUT2D eigenvalue weighted by Gasteiger charge is 2.71. The zero-order chi connectivity index (χ0) is 36.5. The monoisotopic (exact) mass is 696 g/mol. The molecule has 0 aromatic carbocycles. The largest absolute Gasteiger partial charge is 0.481 e. The lowest BCUT2D eigenvalue weighted by molar-refractivity contribution is -0.250. The van der Waals surface area contributed by atoms with Gasteiger partial charge in [-0.1, -0.05) is 60.6 Å². The topological polar surface area (TPSA) is 93.1 Å². The molecule has 0 aromatic rings. The Labute approximate surface area is 303 Å². The van der Waals surface area contributed by atoms with Crippen molar-refractivity contribution >= 4 is 17.8 Å². The van der Waals surface area contributed by atoms with Crippen molar-refractivity contribution < 1.29 is 29.0 Å². The Balaban J connectivity index is 1.23. The van der Waals surface area contributed by atoms with Gasteiger partial charge in [0, 0.05) is 31.5 Å². The Kier molecular flexibility index (Phi) is 9.99. The average molecular weight is 696 g/mol. The van der Waals surface area contributed by atoms with Gasteiger partial charge in [-0.15, -0.1) is 0 Å². The van der Waals surface area contributed by atoms with Gasteiger partial charge in [-0.25, -0.2) is 0 Å². The minimum Gasteiger partial charge on any atom is -0.481 e. The maximum Gasteiger partial charge on any atom is 0.306 e. The summed E-state index contributed by atoms with van der Waals surface area (Å²) in [6.45, 7) is 26.0. The van der Waals surface area contributed by atoms with Gasteiger partial charge in [-0.05, 0) is 134 Å². The summed E-state index contributed by atoms with van der Waals surface area (Å²) in [5.41, 5.74) is 1.19. The molecule has 7 heteroatoms. The molecule has 6 rings (SSSR count). The Hall–Kier alpha value is -1.89. The van der Waals surface area contributed by atoms with E-state index in [0.717, 1.165) is 58.2 Å². The van der Waals surface area contributed by atoms with Crippen LogP contribution in [0.25, 0.3) is 0 Å². The lowest BCUT2D eigenvalue weighted by Gasteiger charge is -2.73. The molecule has 0 unspecified atom stereocenters. The number of esters is 1. The highest BCUT2D eigenvalue weighted by atomic mass is 16.5. The number of fused-ring (bicyclic) bond motifs is 7. The van der Waals surface area contributed by atoms with Crippen molar-refractivity contribution in [1.29, 1.82) is 0 Å². The maximum atomic E-state index is 14.0. The van der Waals surface area contributed by atoms with Crippen molar-refractivity contribution in [2.24, 2.45) is 62.1 Å². The molecule has 0 spiro atoms. The van der Waals surface area contributed by atoms with Crippen molar-refractivity contribution in [3.8, 4) is 0 Å². The van der Waals surface area contributed by atoms with E-state index < -0.39 is 11.4 Å². The third-order valence-corrected chi connectivity index (χ3v) is 16.8. The van der Waals surface area contributed by atoms with Crippen LogP contribution in [0.15, 0.2) is 12.2 Å². The van der Waals surface area contributed by atoms with Gasteiger partial charge in [0.15, 0.2) is 0 Å². The SMILES string of the molecule is C=C(C)[C@@H]1CC[C@]2(CC(=O)N3CCCOCC3)CC[C@]3(C)[C@H](CC[C@@H]4[C@@]5(C)CC[C@H](OC(=O)CC(C)(C)CC(=O)O)C(C)(C)[C@@H]5CC[C@]43C)[C@@H]12. The van der Waals surface area contributed by atoms with Crippen LogP contribution in [0.3, 0.4) is 0 Å². The molecule has 50 heavy (non-hydrogen) atoms. The molecule has 1 N–H and O–H groups in total. The first-order chi connectivity index (χ1) is 23.3. The molecule has 1 aliphatic heterocycles. The molecule has 0 bridgehead atoms. The van der Waals surface area contributed by atoms with E-state index in [1.165, 1.54) is 37.7 Å². The lowest BCUT2D eigenvalue weighted by Crippen LogP contribution is -2.67. The summed E-state index contributed by atoms with van der Waals surface area (Å²) < 4.78 is 12.0. The number of carbonyl (C=O) groups is 3. The fraction of sp³-hybridized carbons (Fsp3) is 0.884. The van der Waals surface area contributed by atoms with Crippen molar-refractivity contribution in [1.82, 2.24) is 4.90 Å². The third kappa shape index (κ3) is 6.19. The molecule has 5 saturated carbocycles. The Morgan fingerprint density at radius 2 is 1.60 bits per heavy atom. The van der Waals surface area contributed by atoms with Gasteiger partial charge in [0.2, 0.25) is 5.91 Å². The van der Waals surface area contributed by atoms with Crippen molar-refractivity contribution in [3.63, 3.8) is 0 Å². The smallest absolute Gasteiger partial charge is 0.306 e. The number of rotatable bonds is 8. The molecule has 0 radical (unpaired) electrons. The highest BCUT2D eigenvalue weighted by Crippen LogP contribution is 2.78. The first-order valence-corrected chi connectivity index (χ1v) is 20.2. The third-order valence-electron chi connectivity index (χ3n) is 16.8. The predicted molar refractivity (Wildman–Crippen MR) is 196 cm³/mol. The van der Waals surface area contributed by atoms with Gasteiger partial charge in [-0.3, -0.25) is 14.4 Å². The normalized spacial score (nSPS) is 42.6. The molecule has 1 heterocycles. The molecular weight excluding hydrogens is 626 g/mol. The quantitative estimate of drug-likeness (QED) is 0.201. The molecule has 0 aromatic heterocycles. The Morgan fingerprint density at radius 1 is 0.860 bits per heavy atom. The number of ether oxygens (including phenoxy) is 2. The van der Waals surface area contributed by atoms with E-state index in [0.29, 0.717) is 48.5 Å². The van der Waals surface area contributed by atoms with E-state index in [4.69, 9.17) is 9.47 Å². The lowest BCUT2D eigenvalue weighted by atomic mass is 9.32. The minimum atomic E-state index is -0.881. The fourth-order valence-electron chi connectivity index (χ4n) is 14.2. The minimum absolute atomic E-state index is 0.0455. The summed E-state index contributed by atoms with van der Waals surface area (Å²) >= 11 is 0. The zero-order valence-electron chi connectivity index (χ0n) is 32.8. The second-order valence-corrected chi connectivity index (χ2v) is 20.3. The molecule has 282 valence electrons. The van der Waals surface area contributed by atoms with Crippen LogP contribution in [-0.2, 0) is 23.9 Å². The summed E-state index contributed by atoms with van der Waals surface area (Å²) in [4.78, 5) is 40.7. The molecule has 5 aliphatic carbocycles. The molecule has 10 atom stereocenters. The van der Waals surface area contributed by atoms with Gasteiger partial charge >= 0.3 is 11.9 Å². The van der Waals surface area contributed by atoms with E-state index in [1.54, 1.807) is 0 Å². The molecule has 6 fully saturated rings. The first kappa shape index (κ1) is 37.9. The number of carboxylic acids is 1. The van der Waals surface area contributed by atoms with Gasteiger partial charge in [-0.2, -0.15) is 0 Å². The van der Waals surface area contributed by atoms with Crippen LogP contribution in [0, 0.1) is 62.1 Å². The van der Waals surface area contributed by atoms with Gasteiger partial charge in [0.05, 0.1) is 19.4 Å². The van der Waals surface area contributed by atoms with Crippen molar-refractivity contribution in [3.05, 3.63) is 12.2 Å². The second-order valence-electron chi connectivity index (χ2n) is 20.3. The van der Waals surface area contributed by atoms with E-state index in [2.05, 4.69) is 53.0 Å². The summed E-state index contributed by atoms with van der Waals surface area (Å²) in [7, 11) is 0.